The number of esters is 2. The fourth-order valence-electron chi connectivity index (χ4n) is 10.0. The number of nitrogens with zero attached hydrogens (tertiary/aromatic N) is 1. The fourth-order valence-corrected chi connectivity index (χ4v) is 10.8. The van der Waals surface area contributed by atoms with Crippen molar-refractivity contribution in [2.24, 2.45) is 0 Å². The van der Waals surface area contributed by atoms with Crippen molar-refractivity contribution in [1.29, 1.82) is 0 Å². The number of rotatable bonds is 63. The van der Waals surface area contributed by atoms with Crippen LogP contribution in [0.15, 0.2) is 24.3 Å². The van der Waals surface area contributed by atoms with E-state index in [1.807, 2.05) is 21.1 Å². The molecule has 0 fully saturated rings. The predicted molar refractivity (Wildman–Crippen MR) is 328 cm³/mol. The van der Waals surface area contributed by atoms with Gasteiger partial charge in [0.2, 0.25) is 0 Å². The summed E-state index contributed by atoms with van der Waals surface area (Å²) in [6.07, 6.45) is 72.9. The highest BCUT2D eigenvalue weighted by molar-refractivity contribution is 7.45. The first-order valence-electron chi connectivity index (χ1n) is 33.5. The summed E-state index contributed by atoms with van der Waals surface area (Å²) in [5, 5.41) is 0. The van der Waals surface area contributed by atoms with Gasteiger partial charge in [0, 0.05) is 12.8 Å². The molecule has 2 unspecified atom stereocenters. The van der Waals surface area contributed by atoms with E-state index in [4.69, 9.17) is 18.5 Å². The molecule has 0 bridgehead atoms. The average molecular weight is 1110 g/mol. The van der Waals surface area contributed by atoms with Crippen LogP contribution in [0.3, 0.4) is 0 Å². The van der Waals surface area contributed by atoms with E-state index in [1.54, 1.807) is 0 Å². The van der Waals surface area contributed by atoms with E-state index in [2.05, 4.69) is 38.2 Å². The SMILES string of the molecule is CCCCC/C=C\C/C=C\CCCCCCCC(=O)OC(COC(=O)CCCCCCCCCCCCCCCCCCCCCCCCCCCCCCCCCCCCCCCC)COP(=O)([O-])OCC[N+](C)(C)C. The molecule has 0 aliphatic heterocycles. The number of quaternary nitrogens is 1. The van der Waals surface area contributed by atoms with Crippen LogP contribution < -0.4 is 4.89 Å². The van der Waals surface area contributed by atoms with E-state index in [0.717, 1.165) is 57.8 Å². The second-order valence-electron chi connectivity index (χ2n) is 24.2. The van der Waals surface area contributed by atoms with Gasteiger partial charge in [-0.15, -0.1) is 0 Å². The number of phosphoric ester groups is 1. The van der Waals surface area contributed by atoms with Gasteiger partial charge >= 0.3 is 11.9 Å². The molecule has 0 aromatic rings. The highest BCUT2D eigenvalue weighted by atomic mass is 31.2. The molecule has 2 atom stereocenters. The minimum absolute atomic E-state index is 0.0314. The third-order valence-corrected chi connectivity index (χ3v) is 16.2. The van der Waals surface area contributed by atoms with Gasteiger partial charge in [-0.2, -0.15) is 0 Å². The van der Waals surface area contributed by atoms with Crippen molar-refractivity contribution < 1.29 is 42.1 Å². The number of unbranched alkanes of at least 4 members (excludes halogenated alkanes) is 45. The number of phosphoric acid groups is 1. The molecule has 456 valence electrons. The van der Waals surface area contributed by atoms with E-state index in [1.165, 1.54) is 250 Å². The molecular formula is C67H130NO8P. The molecule has 9 nitrogen and oxygen atoms in total. The summed E-state index contributed by atoms with van der Waals surface area (Å²) >= 11 is 0. The molecular weight excluding hydrogens is 978 g/mol. The molecule has 10 heteroatoms. The highest BCUT2D eigenvalue weighted by Crippen LogP contribution is 2.38. The minimum Gasteiger partial charge on any atom is -0.756 e. The largest absolute Gasteiger partial charge is 0.756 e. The first-order valence-corrected chi connectivity index (χ1v) is 35.0. The van der Waals surface area contributed by atoms with Gasteiger partial charge in [0.1, 0.15) is 19.8 Å². The van der Waals surface area contributed by atoms with Crippen LogP contribution in [0, 0.1) is 0 Å². The van der Waals surface area contributed by atoms with Crippen LogP contribution in [0.1, 0.15) is 341 Å². The number of ether oxygens (including phenoxy) is 2. The molecule has 0 amide bonds. The molecule has 77 heavy (non-hydrogen) atoms. The lowest BCUT2D eigenvalue weighted by molar-refractivity contribution is -0.870. The van der Waals surface area contributed by atoms with Gasteiger partial charge in [0.25, 0.3) is 7.82 Å². The van der Waals surface area contributed by atoms with Crippen LogP contribution in [0.4, 0.5) is 0 Å². The smallest absolute Gasteiger partial charge is 0.306 e. The summed E-state index contributed by atoms with van der Waals surface area (Å²) in [5.41, 5.74) is 0. The number of hydrogen-bond acceptors (Lipinski definition) is 8. The zero-order chi connectivity index (χ0) is 56.3. The Hall–Kier alpha value is -1.51. The third-order valence-electron chi connectivity index (χ3n) is 15.2. The van der Waals surface area contributed by atoms with E-state index in [0.29, 0.717) is 17.4 Å². The van der Waals surface area contributed by atoms with Crippen molar-refractivity contribution in [3.63, 3.8) is 0 Å². The number of allylic oxidation sites excluding steroid dienone is 4. The Balaban J connectivity index is 3.85. The van der Waals surface area contributed by atoms with Gasteiger partial charge in [0.15, 0.2) is 6.10 Å². The quantitative estimate of drug-likeness (QED) is 0.0195. The Morgan fingerprint density at radius 2 is 0.701 bits per heavy atom. The molecule has 0 N–H and O–H groups in total. The number of carbonyl (C=O) groups is 2. The van der Waals surface area contributed by atoms with E-state index < -0.39 is 26.5 Å². The molecule has 0 rings (SSSR count). The normalized spacial score (nSPS) is 13.3. The number of hydrogen-bond donors (Lipinski definition) is 0. The molecule has 0 spiro atoms. The van der Waals surface area contributed by atoms with Gasteiger partial charge in [0.05, 0.1) is 27.7 Å². The second kappa shape index (κ2) is 59.1. The van der Waals surface area contributed by atoms with Gasteiger partial charge in [-0.3, -0.25) is 14.2 Å². The van der Waals surface area contributed by atoms with Crippen LogP contribution in [-0.4, -0.2) is 70.0 Å². The van der Waals surface area contributed by atoms with Crippen molar-refractivity contribution in [3.8, 4) is 0 Å². The maximum atomic E-state index is 12.8. The molecule has 0 saturated carbocycles. The fraction of sp³-hybridized carbons (Fsp3) is 0.910. The second-order valence-corrected chi connectivity index (χ2v) is 25.6. The van der Waals surface area contributed by atoms with Crippen LogP contribution in [-0.2, 0) is 32.7 Å². The summed E-state index contributed by atoms with van der Waals surface area (Å²) in [4.78, 5) is 37.9. The van der Waals surface area contributed by atoms with Crippen molar-refractivity contribution in [3.05, 3.63) is 24.3 Å². The monoisotopic (exact) mass is 1110 g/mol. The summed E-state index contributed by atoms with van der Waals surface area (Å²) in [5.74, 6) is -0.834. The maximum absolute atomic E-state index is 12.8. The molecule has 0 aliphatic rings. The summed E-state index contributed by atoms with van der Waals surface area (Å²) < 4.78 is 34.2. The van der Waals surface area contributed by atoms with Crippen LogP contribution in [0.5, 0.6) is 0 Å². The first-order chi connectivity index (χ1) is 37.5. The van der Waals surface area contributed by atoms with Gasteiger partial charge in [-0.25, -0.2) is 0 Å². The summed E-state index contributed by atoms with van der Waals surface area (Å²) in [7, 11) is 1.17. The lowest BCUT2D eigenvalue weighted by Crippen LogP contribution is -2.37. The average Bonchev–Trinajstić information content (AvgIpc) is 3.39. The van der Waals surface area contributed by atoms with Crippen molar-refractivity contribution in [1.82, 2.24) is 0 Å². The highest BCUT2D eigenvalue weighted by Gasteiger charge is 2.22. The van der Waals surface area contributed by atoms with E-state index in [-0.39, 0.29) is 32.0 Å². The summed E-state index contributed by atoms with van der Waals surface area (Å²) in [6, 6.07) is 0. The topological polar surface area (TPSA) is 111 Å². The van der Waals surface area contributed by atoms with Gasteiger partial charge < -0.3 is 27.9 Å². The summed E-state index contributed by atoms with van der Waals surface area (Å²) in [6.45, 7) is 4.25. The van der Waals surface area contributed by atoms with Gasteiger partial charge in [-0.05, 0) is 44.9 Å². The molecule has 0 heterocycles. The Labute approximate surface area is 479 Å². The first kappa shape index (κ1) is 75.5. The molecule has 0 aromatic heterocycles. The van der Waals surface area contributed by atoms with Crippen molar-refractivity contribution in [2.45, 2.75) is 347 Å². The standard InChI is InChI=1S/C67H130NO8P/c1-6-8-10-12-14-16-18-20-22-23-24-25-26-27-28-29-30-31-32-33-34-35-36-37-38-39-40-41-42-43-44-46-47-49-51-53-55-57-59-66(69)73-63-65(64-75-77(71,72)74-62-61-68(3,4)5)76-67(70)60-58-56-54-52-50-48-45-21-19-17-15-13-11-9-7-2/h15,17,21,45,65H,6-14,16,18-20,22-44,46-64H2,1-5H3/b17-15-,45-21-. The number of carbonyl (C=O) groups excluding carboxylic acids is 2. The number of likely N-dealkylation sites (N-methyl/N-ethyl adjacent to an activating group) is 1. The Bertz CT molecular complexity index is 1350. The Morgan fingerprint density at radius 1 is 0.403 bits per heavy atom. The third kappa shape index (κ3) is 63.5. The van der Waals surface area contributed by atoms with Crippen LogP contribution in [0.2, 0.25) is 0 Å². The minimum atomic E-state index is -4.64. The van der Waals surface area contributed by atoms with Crippen molar-refractivity contribution >= 4 is 19.8 Å². The maximum Gasteiger partial charge on any atom is 0.306 e. The van der Waals surface area contributed by atoms with E-state index in [9.17, 15) is 19.0 Å². The molecule has 0 saturated heterocycles. The lowest BCUT2D eigenvalue weighted by atomic mass is 10.0. The molecule has 0 aromatic carbocycles. The van der Waals surface area contributed by atoms with Gasteiger partial charge in [-0.1, -0.05) is 308 Å². The zero-order valence-electron chi connectivity index (χ0n) is 51.9. The molecule has 0 radical (unpaired) electrons. The zero-order valence-corrected chi connectivity index (χ0v) is 52.8. The lowest BCUT2D eigenvalue weighted by Gasteiger charge is -2.28. The van der Waals surface area contributed by atoms with Crippen molar-refractivity contribution in [2.75, 3.05) is 47.5 Å². The van der Waals surface area contributed by atoms with Crippen LogP contribution >= 0.6 is 7.82 Å². The Kier molecular flexibility index (Phi) is 58.0. The van der Waals surface area contributed by atoms with E-state index >= 15 is 0 Å². The molecule has 0 aliphatic carbocycles. The predicted octanol–water partition coefficient (Wildman–Crippen LogP) is 20.7. The van der Waals surface area contributed by atoms with Crippen LogP contribution in [0.25, 0.3) is 0 Å². The Morgan fingerprint density at radius 3 is 1.05 bits per heavy atom.